The van der Waals surface area contributed by atoms with Crippen LogP contribution in [0.1, 0.15) is 19.8 Å². The Kier molecular flexibility index (Phi) is 3.30. The van der Waals surface area contributed by atoms with Crippen molar-refractivity contribution >= 4 is 27.8 Å². The third-order valence-electron chi connectivity index (χ3n) is 1.94. The van der Waals surface area contributed by atoms with E-state index in [1.54, 1.807) is 6.92 Å². The van der Waals surface area contributed by atoms with Crippen LogP contribution in [0.25, 0.3) is 0 Å². The molecule has 0 bridgehead atoms. The molecule has 0 spiro atoms. The van der Waals surface area contributed by atoms with Crippen LogP contribution in [0.3, 0.4) is 0 Å². The van der Waals surface area contributed by atoms with Crippen LogP contribution in [0.2, 0.25) is 0 Å². The van der Waals surface area contributed by atoms with Crippen LogP contribution in [0, 0.1) is 0 Å². The number of ether oxygens (including phenoxy) is 1. The fraction of sp³-hybridized carbons (Fsp3) is 0.750. The van der Waals surface area contributed by atoms with Crippen molar-refractivity contribution in [3.63, 3.8) is 0 Å². The number of halogens is 1. The first-order valence-electron chi connectivity index (χ1n) is 4.25. The maximum absolute atomic E-state index is 11.4. The zero-order chi connectivity index (χ0) is 9.90. The molecule has 74 valence electrons. The van der Waals surface area contributed by atoms with Crippen molar-refractivity contribution in [1.29, 1.82) is 0 Å². The van der Waals surface area contributed by atoms with Crippen LogP contribution in [0.4, 0.5) is 0 Å². The zero-order valence-corrected chi connectivity index (χ0v) is 9.02. The summed E-state index contributed by atoms with van der Waals surface area (Å²) in [6.07, 6.45) is 1.29. The summed E-state index contributed by atoms with van der Waals surface area (Å²) in [5.41, 5.74) is 0. The Hall–Kier alpha value is -0.580. The quantitative estimate of drug-likeness (QED) is 0.443. The van der Waals surface area contributed by atoms with Crippen LogP contribution in [-0.2, 0) is 14.3 Å². The zero-order valence-electron chi connectivity index (χ0n) is 7.43. The second-order valence-electron chi connectivity index (χ2n) is 2.88. The van der Waals surface area contributed by atoms with Gasteiger partial charge < -0.3 is 10.1 Å². The maximum atomic E-state index is 11.4. The fourth-order valence-electron chi connectivity index (χ4n) is 1.23. The van der Waals surface area contributed by atoms with Gasteiger partial charge >= 0.3 is 5.97 Å². The highest BCUT2D eigenvalue weighted by molar-refractivity contribution is 9.10. The molecule has 1 aliphatic rings. The first-order chi connectivity index (χ1) is 6.11. The molecule has 4 nitrogen and oxygen atoms in total. The molecule has 0 aromatic heterocycles. The Balaban J connectivity index is 2.71. The van der Waals surface area contributed by atoms with Crippen molar-refractivity contribution in [3.05, 3.63) is 0 Å². The van der Waals surface area contributed by atoms with Gasteiger partial charge in [-0.05, 0) is 19.8 Å². The van der Waals surface area contributed by atoms with E-state index in [9.17, 15) is 9.59 Å². The molecule has 0 aliphatic carbocycles. The van der Waals surface area contributed by atoms with E-state index in [1.165, 1.54) is 0 Å². The Morgan fingerprint density at radius 1 is 1.77 bits per heavy atom. The van der Waals surface area contributed by atoms with E-state index in [0.717, 1.165) is 6.42 Å². The highest BCUT2D eigenvalue weighted by Crippen LogP contribution is 2.28. The molecule has 0 radical (unpaired) electrons. The smallest absolute Gasteiger partial charge is 0.332 e. The van der Waals surface area contributed by atoms with Gasteiger partial charge in [-0.15, -0.1) is 0 Å². The number of nitrogens with one attached hydrogen (secondary N) is 1. The van der Waals surface area contributed by atoms with Crippen molar-refractivity contribution in [2.24, 2.45) is 0 Å². The topological polar surface area (TPSA) is 55.4 Å². The van der Waals surface area contributed by atoms with Gasteiger partial charge in [0.1, 0.15) is 0 Å². The summed E-state index contributed by atoms with van der Waals surface area (Å²) >= 11 is 3.14. The fourth-order valence-corrected chi connectivity index (χ4v) is 1.76. The average molecular weight is 250 g/mol. The first kappa shape index (κ1) is 10.5. The maximum Gasteiger partial charge on any atom is 0.332 e. The Morgan fingerprint density at radius 3 is 3.00 bits per heavy atom. The second-order valence-corrected chi connectivity index (χ2v) is 4.23. The predicted molar refractivity (Wildman–Crippen MR) is 50.5 cm³/mol. The largest absolute Gasteiger partial charge is 0.465 e. The Labute approximate surface area is 85.1 Å². The number of alkyl halides is 1. The van der Waals surface area contributed by atoms with E-state index < -0.39 is 10.3 Å². The van der Waals surface area contributed by atoms with Gasteiger partial charge in [0.15, 0.2) is 0 Å². The number of carbonyl (C=O) groups excluding carboxylic acids is 2. The molecule has 0 aromatic rings. The molecular weight excluding hydrogens is 238 g/mol. The number of hydrogen-bond acceptors (Lipinski definition) is 3. The number of carbonyl (C=O) groups is 2. The molecule has 1 rings (SSSR count). The second kappa shape index (κ2) is 4.09. The van der Waals surface area contributed by atoms with Crippen molar-refractivity contribution in [2.75, 3.05) is 13.2 Å². The summed E-state index contributed by atoms with van der Waals surface area (Å²) in [4.78, 5) is 22.8. The average Bonchev–Trinajstić information content (AvgIpc) is 2.11. The molecule has 1 atom stereocenters. The molecule has 1 aliphatic heterocycles. The third kappa shape index (κ3) is 2.02. The van der Waals surface area contributed by atoms with Crippen molar-refractivity contribution in [3.8, 4) is 0 Å². The van der Waals surface area contributed by atoms with E-state index in [4.69, 9.17) is 4.74 Å². The van der Waals surface area contributed by atoms with Crippen molar-refractivity contribution < 1.29 is 14.3 Å². The minimum Gasteiger partial charge on any atom is -0.465 e. The van der Waals surface area contributed by atoms with Gasteiger partial charge in [-0.2, -0.15) is 0 Å². The predicted octanol–water partition coefficient (Wildman–Crippen LogP) is 0.593. The van der Waals surface area contributed by atoms with Crippen LogP contribution in [-0.4, -0.2) is 29.4 Å². The number of esters is 1. The SMILES string of the molecule is CCOC(=O)C1(Br)CCCNC1=O. The molecule has 1 N–H and O–H groups in total. The van der Waals surface area contributed by atoms with Gasteiger partial charge in [-0.1, -0.05) is 15.9 Å². The molecule has 1 heterocycles. The van der Waals surface area contributed by atoms with Gasteiger partial charge in [0.25, 0.3) is 0 Å². The number of rotatable bonds is 2. The van der Waals surface area contributed by atoms with Crippen LogP contribution in [0.5, 0.6) is 0 Å². The lowest BCUT2D eigenvalue weighted by molar-refractivity contribution is -0.150. The van der Waals surface area contributed by atoms with Crippen LogP contribution < -0.4 is 5.32 Å². The summed E-state index contributed by atoms with van der Waals surface area (Å²) in [5.74, 6) is -0.788. The summed E-state index contributed by atoms with van der Waals surface area (Å²) in [6, 6.07) is 0. The number of amides is 1. The molecule has 5 heteroatoms. The van der Waals surface area contributed by atoms with Gasteiger partial charge in [-0.25, -0.2) is 4.79 Å². The minimum atomic E-state index is -1.15. The number of hydrogen-bond donors (Lipinski definition) is 1. The summed E-state index contributed by atoms with van der Waals surface area (Å²) in [7, 11) is 0. The lowest BCUT2D eigenvalue weighted by atomic mass is 9.99. The summed E-state index contributed by atoms with van der Waals surface area (Å²) < 4.78 is 3.66. The van der Waals surface area contributed by atoms with Crippen molar-refractivity contribution in [1.82, 2.24) is 5.32 Å². The molecule has 1 amide bonds. The highest BCUT2D eigenvalue weighted by atomic mass is 79.9. The van der Waals surface area contributed by atoms with Crippen molar-refractivity contribution in [2.45, 2.75) is 24.1 Å². The van der Waals surface area contributed by atoms with Gasteiger partial charge in [0, 0.05) is 6.54 Å². The lowest BCUT2D eigenvalue weighted by Gasteiger charge is -2.28. The Bertz CT molecular complexity index is 231. The van der Waals surface area contributed by atoms with E-state index in [-0.39, 0.29) is 5.91 Å². The normalized spacial score (nSPS) is 28.0. The van der Waals surface area contributed by atoms with E-state index in [2.05, 4.69) is 21.2 Å². The third-order valence-corrected chi connectivity index (χ3v) is 3.02. The first-order valence-corrected chi connectivity index (χ1v) is 5.05. The van der Waals surface area contributed by atoms with Gasteiger partial charge in [0.05, 0.1) is 6.61 Å². The molecule has 0 aromatic carbocycles. The molecule has 1 saturated heterocycles. The molecule has 1 unspecified atom stereocenters. The molecule has 1 fully saturated rings. The van der Waals surface area contributed by atoms with Gasteiger partial charge in [-0.3, -0.25) is 4.79 Å². The number of piperidine rings is 1. The van der Waals surface area contributed by atoms with Crippen LogP contribution in [0.15, 0.2) is 0 Å². The Morgan fingerprint density at radius 2 is 2.46 bits per heavy atom. The standard InChI is InChI=1S/C8H12BrNO3/c1-2-13-7(12)8(9)4-3-5-10-6(8)11/h2-5H2,1H3,(H,10,11). The summed E-state index contributed by atoms with van der Waals surface area (Å²) in [6.45, 7) is 2.64. The minimum absolute atomic E-state index is 0.291. The van der Waals surface area contributed by atoms with Crippen LogP contribution >= 0.6 is 15.9 Å². The van der Waals surface area contributed by atoms with E-state index in [1.807, 2.05) is 0 Å². The molecule has 13 heavy (non-hydrogen) atoms. The highest BCUT2D eigenvalue weighted by Gasteiger charge is 2.46. The summed E-state index contributed by atoms with van der Waals surface area (Å²) in [5, 5.41) is 2.63. The lowest BCUT2D eigenvalue weighted by Crippen LogP contribution is -2.52. The van der Waals surface area contributed by atoms with E-state index >= 15 is 0 Å². The monoisotopic (exact) mass is 249 g/mol. The van der Waals surface area contributed by atoms with E-state index in [0.29, 0.717) is 19.6 Å². The van der Waals surface area contributed by atoms with Gasteiger partial charge in [0.2, 0.25) is 10.2 Å². The molecule has 0 saturated carbocycles. The molecular formula is C8H12BrNO3.